The Morgan fingerprint density at radius 1 is 1.06 bits per heavy atom. The van der Waals surface area contributed by atoms with Crippen LogP contribution in [0.15, 0.2) is 47.6 Å². The maximum atomic E-state index is 14.7. The summed E-state index contributed by atoms with van der Waals surface area (Å²) in [6.45, 7) is 2.14. The fraction of sp³-hybridized carbons (Fsp3) is 0.346. The number of rotatable bonds is 6. The summed E-state index contributed by atoms with van der Waals surface area (Å²) in [5, 5.41) is 0. The summed E-state index contributed by atoms with van der Waals surface area (Å²) in [6.07, 6.45) is 6.64. The van der Waals surface area contributed by atoms with Crippen molar-refractivity contribution in [1.82, 2.24) is 9.97 Å². The molecule has 2 aromatic heterocycles. The van der Waals surface area contributed by atoms with Gasteiger partial charge in [0.05, 0.1) is 10.5 Å². The van der Waals surface area contributed by atoms with Crippen molar-refractivity contribution in [2.24, 2.45) is 11.7 Å². The van der Waals surface area contributed by atoms with Gasteiger partial charge in [-0.1, -0.05) is 6.92 Å². The molecular weight excluding hydrogens is 491 g/mol. The maximum Gasteiger partial charge on any atom is 0.185 e. The predicted molar refractivity (Wildman–Crippen MR) is 129 cm³/mol. The molecule has 1 aliphatic rings. The molecule has 1 fully saturated rings. The van der Waals surface area contributed by atoms with Crippen LogP contribution in [-0.4, -0.2) is 36.5 Å². The number of Topliss-reactive ketones (excluding diaryl/α,β-unsaturated/α-hetero) is 1. The molecule has 190 valence electrons. The van der Waals surface area contributed by atoms with E-state index in [2.05, 4.69) is 16.9 Å². The first kappa shape index (κ1) is 26.0. The van der Waals surface area contributed by atoms with E-state index < -0.39 is 49.2 Å². The van der Waals surface area contributed by atoms with Crippen LogP contribution in [0.2, 0.25) is 0 Å². The summed E-state index contributed by atoms with van der Waals surface area (Å²) in [5.41, 5.74) is 6.14. The normalized spacial score (nSPS) is 20.3. The molecule has 1 saturated carbocycles. The van der Waals surface area contributed by atoms with Crippen molar-refractivity contribution in [1.29, 1.82) is 0 Å². The molecule has 1 aromatic carbocycles. The number of nitrogens with zero attached hydrogens (tertiary/aromatic N) is 2. The standard InChI is InChI=1S/C26H26F3N3O3S/c1-14-7-15(9-17(30)8-14)19-5-6-31-13-16(19)10-24(33)23-4-3-20(27)26(32-23)25-21(28)11-18(12-22(25)29)36(2,34)35/h3-6,11-15,17H,7-10,30H2,1-2H3/t14-,15+,17-/m0/s1. The summed E-state index contributed by atoms with van der Waals surface area (Å²) in [4.78, 5) is 20.6. The Hall–Kier alpha value is -3.11. The van der Waals surface area contributed by atoms with E-state index in [4.69, 9.17) is 5.73 Å². The number of ketones is 1. The summed E-state index contributed by atoms with van der Waals surface area (Å²) in [5.74, 6) is -3.53. The highest BCUT2D eigenvalue weighted by Gasteiger charge is 2.28. The lowest BCUT2D eigenvalue weighted by Crippen LogP contribution is -2.31. The van der Waals surface area contributed by atoms with E-state index in [1.165, 1.54) is 0 Å². The van der Waals surface area contributed by atoms with E-state index >= 15 is 0 Å². The zero-order valence-corrected chi connectivity index (χ0v) is 20.7. The van der Waals surface area contributed by atoms with Gasteiger partial charge in [0.2, 0.25) is 0 Å². The number of pyridine rings is 2. The van der Waals surface area contributed by atoms with Gasteiger partial charge in [0.1, 0.15) is 28.8 Å². The van der Waals surface area contributed by atoms with Crippen LogP contribution in [0.3, 0.4) is 0 Å². The van der Waals surface area contributed by atoms with Crippen molar-refractivity contribution in [3.05, 3.63) is 77.0 Å². The summed E-state index contributed by atoms with van der Waals surface area (Å²) in [6, 6.07) is 5.19. The van der Waals surface area contributed by atoms with Crippen LogP contribution >= 0.6 is 0 Å². The predicted octanol–water partition coefficient (Wildman–Crippen LogP) is 4.62. The summed E-state index contributed by atoms with van der Waals surface area (Å²) in [7, 11) is -3.90. The van der Waals surface area contributed by atoms with Gasteiger partial charge in [-0.2, -0.15) is 0 Å². The molecule has 1 aliphatic carbocycles. The topological polar surface area (TPSA) is 103 Å². The fourth-order valence-electron chi connectivity index (χ4n) is 4.92. The van der Waals surface area contributed by atoms with E-state index in [1.54, 1.807) is 12.4 Å². The molecular formula is C26H26F3N3O3S. The third-order valence-electron chi connectivity index (χ3n) is 6.52. The highest BCUT2D eigenvalue weighted by atomic mass is 32.2. The SMILES string of the molecule is C[C@@H]1C[C@H](N)C[C@H](c2ccncc2CC(=O)c2ccc(F)c(-c3c(F)cc(S(C)(=O)=O)cc3F)n2)C1. The van der Waals surface area contributed by atoms with Crippen molar-refractivity contribution in [3.63, 3.8) is 0 Å². The Morgan fingerprint density at radius 2 is 1.75 bits per heavy atom. The number of nitrogens with two attached hydrogens (primary N) is 1. The molecule has 2 N–H and O–H groups in total. The molecule has 36 heavy (non-hydrogen) atoms. The van der Waals surface area contributed by atoms with Gasteiger partial charge in [-0.15, -0.1) is 0 Å². The van der Waals surface area contributed by atoms with E-state index in [9.17, 15) is 26.4 Å². The molecule has 4 rings (SSSR count). The Bertz CT molecular complexity index is 1400. The second-order valence-corrected chi connectivity index (χ2v) is 11.5. The van der Waals surface area contributed by atoms with Gasteiger partial charge in [0.25, 0.3) is 0 Å². The van der Waals surface area contributed by atoms with E-state index in [0.717, 1.165) is 43.2 Å². The Balaban J connectivity index is 1.66. The van der Waals surface area contributed by atoms with Gasteiger partial charge in [-0.05, 0) is 72.6 Å². The highest BCUT2D eigenvalue weighted by molar-refractivity contribution is 7.90. The van der Waals surface area contributed by atoms with Gasteiger partial charge < -0.3 is 5.73 Å². The number of sulfone groups is 1. The number of carbonyl (C=O) groups excluding carboxylic acids is 1. The molecule has 10 heteroatoms. The largest absolute Gasteiger partial charge is 0.328 e. The first-order valence-corrected chi connectivity index (χ1v) is 13.4. The zero-order valence-electron chi connectivity index (χ0n) is 19.8. The fourth-order valence-corrected chi connectivity index (χ4v) is 5.56. The summed E-state index contributed by atoms with van der Waals surface area (Å²) >= 11 is 0. The van der Waals surface area contributed by atoms with Crippen molar-refractivity contribution in [2.45, 2.75) is 49.5 Å². The number of hydrogen-bond donors (Lipinski definition) is 1. The van der Waals surface area contributed by atoms with Crippen LogP contribution in [0.1, 0.15) is 53.7 Å². The minimum atomic E-state index is -3.90. The number of hydrogen-bond acceptors (Lipinski definition) is 6. The lowest BCUT2D eigenvalue weighted by Gasteiger charge is -2.32. The Morgan fingerprint density at radius 3 is 2.39 bits per heavy atom. The molecule has 0 saturated heterocycles. The van der Waals surface area contributed by atoms with Crippen LogP contribution in [0.5, 0.6) is 0 Å². The molecule has 3 atom stereocenters. The average molecular weight is 518 g/mol. The highest BCUT2D eigenvalue weighted by Crippen LogP contribution is 2.37. The van der Waals surface area contributed by atoms with Crippen LogP contribution in [0.4, 0.5) is 13.2 Å². The molecule has 0 bridgehead atoms. The average Bonchev–Trinajstić information content (AvgIpc) is 2.78. The first-order chi connectivity index (χ1) is 16.9. The van der Waals surface area contributed by atoms with E-state index in [1.807, 2.05) is 6.07 Å². The smallest absolute Gasteiger partial charge is 0.185 e. The minimum absolute atomic E-state index is 0.0654. The van der Waals surface area contributed by atoms with Gasteiger partial charge in [0, 0.05) is 31.1 Å². The Labute approximate surface area is 207 Å². The lowest BCUT2D eigenvalue weighted by molar-refractivity contribution is 0.0987. The number of carbonyl (C=O) groups is 1. The molecule has 0 aliphatic heterocycles. The molecule has 6 nitrogen and oxygen atoms in total. The maximum absolute atomic E-state index is 14.7. The summed E-state index contributed by atoms with van der Waals surface area (Å²) < 4.78 is 67.3. The molecule has 2 heterocycles. The van der Waals surface area contributed by atoms with Crippen molar-refractivity contribution >= 4 is 15.6 Å². The second-order valence-electron chi connectivity index (χ2n) is 9.50. The second kappa shape index (κ2) is 10.1. The van der Waals surface area contributed by atoms with Crippen LogP contribution in [0, 0.1) is 23.4 Å². The monoisotopic (exact) mass is 517 g/mol. The third-order valence-corrected chi connectivity index (χ3v) is 7.62. The zero-order chi connectivity index (χ0) is 26.2. The van der Waals surface area contributed by atoms with Crippen molar-refractivity contribution in [3.8, 4) is 11.3 Å². The quantitative estimate of drug-likeness (QED) is 0.479. The number of benzene rings is 1. The van der Waals surface area contributed by atoms with Crippen molar-refractivity contribution in [2.75, 3.05) is 6.26 Å². The van der Waals surface area contributed by atoms with Gasteiger partial charge in [0.15, 0.2) is 15.6 Å². The lowest BCUT2D eigenvalue weighted by atomic mass is 9.75. The first-order valence-electron chi connectivity index (χ1n) is 11.5. The van der Waals surface area contributed by atoms with Gasteiger partial charge in [-0.25, -0.2) is 26.6 Å². The minimum Gasteiger partial charge on any atom is -0.328 e. The van der Waals surface area contributed by atoms with Gasteiger partial charge >= 0.3 is 0 Å². The van der Waals surface area contributed by atoms with E-state index in [-0.39, 0.29) is 24.1 Å². The molecule has 0 unspecified atom stereocenters. The molecule has 3 aromatic rings. The molecule has 0 radical (unpaired) electrons. The van der Waals surface area contributed by atoms with Gasteiger partial charge in [-0.3, -0.25) is 9.78 Å². The van der Waals surface area contributed by atoms with Crippen molar-refractivity contribution < 1.29 is 26.4 Å². The van der Waals surface area contributed by atoms with Crippen LogP contribution in [-0.2, 0) is 16.3 Å². The molecule has 0 spiro atoms. The van der Waals surface area contributed by atoms with E-state index in [0.29, 0.717) is 23.6 Å². The number of halogens is 3. The van der Waals surface area contributed by atoms with Crippen LogP contribution < -0.4 is 5.73 Å². The Kier molecular flexibility index (Phi) is 7.28. The molecule has 0 amide bonds. The van der Waals surface area contributed by atoms with Crippen LogP contribution in [0.25, 0.3) is 11.3 Å². The third kappa shape index (κ3) is 5.49. The number of aromatic nitrogens is 2.